The van der Waals surface area contributed by atoms with Crippen molar-refractivity contribution in [3.8, 4) is 0 Å². The van der Waals surface area contributed by atoms with Gasteiger partial charge in [-0.15, -0.1) is 0 Å². The van der Waals surface area contributed by atoms with Gasteiger partial charge in [0.05, 0.1) is 18.8 Å². The number of hydrogen-bond acceptors (Lipinski definition) is 3. The molecular formula is C42H83NO3. The molecule has 274 valence electrons. The Morgan fingerprint density at radius 3 is 1.20 bits per heavy atom. The Balaban J connectivity index is 3.49. The molecule has 0 spiro atoms. The van der Waals surface area contributed by atoms with Crippen LogP contribution in [0.2, 0.25) is 0 Å². The zero-order valence-electron chi connectivity index (χ0n) is 31.4. The second-order valence-corrected chi connectivity index (χ2v) is 14.4. The third-order valence-electron chi connectivity index (χ3n) is 9.78. The number of carbonyl (C=O) groups is 1. The minimum Gasteiger partial charge on any atom is -0.394 e. The standard InChI is InChI=1S/C42H83NO3/c1-3-5-7-9-11-13-15-17-18-19-20-21-22-23-24-26-28-30-32-34-36-38-42(46)43-40(39-44)41(45)37-35-33-31-29-27-25-16-14-12-10-8-6-4-2/h17-18,40-41,44-45H,3-16,19-39H2,1-2H3,(H,43,46)/b18-17+/t40-,41+/m0/s1. The fourth-order valence-electron chi connectivity index (χ4n) is 6.53. The van der Waals surface area contributed by atoms with Crippen LogP contribution in [0.15, 0.2) is 12.2 Å². The van der Waals surface area contributed by atoms with Crippen LogP contribution in [0.4, 0.5) is 0 Å². The topological polar surface area (TPSA) is 69.6 Å². The first-order valence-electron chi connectivity index (χ1n) is 20.9. The lowest BCUT2D eigenvalue weighted by Gasteiger charge is -2.22. The van der Waals surface area contributed by atoms with E-state index >= 15 is 0 Å². The van der Waals surface area contributed by atoms with Gasteiger partial charge in [0.1, 0.15) is 0 Å². The van der Waals surface area contributed by atoms with Crippen molar-refractivity contribution in [2.45, 2.75) is 244 Å². The highest BCUT2D eigenvalue weighted by molar-refractivity contribution is 5.76. The zero-order valence-corrected chi connectivity index (χ0v) is 31.4. The van der Waals surface area contributed by atoms with E-state index in [-0.39, 0.29) is 12.5 Å². The highest BCUT2D eigenvalue weighted by Crippen LogP contribution is 2.16. The number of aliphatic hydroxyl groups is 2. The molecule has 4 heteroatoms. The maximum absolute atomic E-state index is 12.4. The van der Waals surface area contributed by atoms with E-state index in [1.165, 1.54) is 180 Å². The third-order valence-corrected chi connectivity index (χ3v) is 9.78. The van der Waals surface area contributed by atoms with E-state index in [0.29, 0.717) is 12.8 Å². The van der Waals surface area contributed by atoms with Crippen LogP contribution in [0.5, 0.6) is 0 Å². The normalized spacial score (nSPS) is 13.0. The van der Waals surface area contributed by atoms with Crippen molar-refractivity contribution in [1.29, 1.82) is 0 Å². The van der Waals surface area contributed by atoms with Gasteiger partial charge in [0, 0.05) is 6.42 Å². The molecule has 0 aliphatic rings. The van der Waals surface area contributed by atoms with E-state index < -0.39 is 12.1 Å². The number of nitrogens with one attached hydrogen (secondary N) is 1. The van der Waals surface area contributed by atoms with Gasteiger partial charge in [-0.25, -0.2) is 0 Å². The summed E-state index contributed by atoms with van der Waals surface area (Å²) < 4.78 is 0. The van der Waals surface area contributed by atoms with Crippen LogP contribution in [0.3, 0.4) is 0 Å². The lowest BCUT2D eigenvalue weighted by Crippen LogP contribution is -2.45. The van der Waals surface area contributed by atoms with Crippen LogP contribution in [-0.4, -0.2) is 34.9 Å². The van der Waals surface area contributed by atoms with Gasteiger partial charge in [-0.05, 0) is 38.5 Å². The zero-order chi connectivity index (χ0) is 33.6. The Morgan fingerprint density at radius 1 is 0.500 bits per heavy atom. The van der Waals surface area contributed by atoms with Gasteiger partial charge >= 0.3 is 0 Å². The summed E-state index contributed by atoms with van der Waals surface area (Å²) in [6, 6.07) is -0.531. The monoisotopic (exact) mass is 650 g/mol. The Labute approximate surface area is 288 Å². The predicted molar refractivity (Wildman–Crippen MR) is 202 cm³/mol. The molecule has 0 heterocycles. The molecule has 0 bridgehead atoms. The summed E-state index contributed by atoms with van der Waals surface area (Å²) in [5.41, 5.74) is 0. The molecule has 0 rings (SSSR count). The van der Waals surface area contributed by atoms with Gasteiger partial charge in [0.2, 0.25) is 5.91 Å². The molecule has 3 N–H and O–H groups in total. The molecular weight excluding hydrogens is 566 g/mol. The van der Waals surface area contributed by atoms with E-state index in [2.05, 4.69) is 31.3 Å². The molecule has 0 saturated carbocycles. The fourth-order valence-corrected chi connectivity index (χ4v) is 6.53. The molecule has 0 aromatic heterocycles. The molecule has 0 unspecified atom stereocenters. The Morgan fingerprint density at radius 2 is 0.826 bits per heavy atom. The summed E-state index contributed by atoms with van der Waals surface area (Å²) in [5.74, 6) is -0.0308. The molecule has 4 nitrogen and oxygen atoms in total. The second-order valence-electron chi connectivity index (χ2n) is 14.4. The number of aliphatic hydroxyl groups excluding tert-OH is 2. The Bertz CT molecular complexity index is 622. The van der Waals surface area contributed by atoms with Crippen molar-refractivity contribution in [3.63, 3.8) is 0 Å². The first-order chi connectivity index (χ1) is 22.7. The molecule has 0 aliphatic heterocycles. The summed E-state index contributed by atoms with van der Waals surface area (Å²) in [6.45, 7) is 4.36. The first-order valence-corrected chi connectivity index (χ1v) is 20.9. The third kappa shape index (κ3) is 34.5. The molecule has 0 aliphatic carbocycles. The molecule has 0 radical (unpaired) electrons. The number of allylic oxidation sites excluding steroid dienone is 2. The summed E-state index contributed by atoms with van der Waals surface area (Å²) in [7, 11) is 0. The molecule has 1 amide bonds. The number of rotatable bonds is 38. The van der Waals surface area contributed by atoms with Crippen molar-refractivity contribution < 1.29 is 15.0 Å². The van der Waals surface area contributed by atoms with Crippen molar-refractivity contribution >= 4 is 5.91 Å². The minimum absolute atomic E-state index is 0.0308. The number of hydrogen-bond donors (Lipinski definition) is 3. The molecule has 0 aromatic rings. The van der Waals surface area contributed by atoms with Crippen LogP contribution < -0.4 is 5.32 Å². The lowest BCUT2D eigenvalue weighted by molar-refractivity contribution is -0.123. The minimum atomic E-state index is -0.654. The van der Waals surface area contributed by atoms with Crippen molar-refractivity contribution in [1.82, 2.24) is 5.32 Å². The average molecular weight is 650 g/mol. The largest absolute Gasteiger partial charge is 0.394 e. The SMILES string of the molecule is CCCCCCCC/C=C/CCCCCCCCCCCCCC(=O)N[C@@H](CO)[C@H](O)CCCCCCCCCCCCCCC. The van der Waals surface area contributed by atoms with Crippen LogP contribution in [0.25, 0.3) is 0 Å². The van der Waals surface area contributed by atoms with Gasteiger partial charge in [-0.3, -0.25) is 4.79 Å². The van der Waals surface area contributed by atoms with Gasteiger partial charge < -0.3 is 15.5 Å². The molecule has 0 saturated heterocycles. The Kier molecular flexibility index (Phi) is 37.8. The summed E-state index contributed by atoms with van der Waals surface area (Å²) in [4.78, 5) is 12.4. The quantitative estimate of drug-likeness (QED) is 0.0460. The van der Waals surface area contributed by atoms with E-state index in [1.54, 1.807) is 0 Å². The molecule has 2 atom stereocenters. The average Bonchev–Trinajstić information content (AvgIpc) is 3.06. The van der Waals surface area contributed by atoms with Crippen molar-refractivity contribution in [3.05, 3.63) is 12.2 Å². The summed E-state index contributed by atoms with van der Waals surface area (Å²) in [5, 5.41) is 23.1. The van der Waals surface area contributed by atoms with E-state index in [4.69, 9.17) is 0 Å². The van der Waals surface area contributed by atoms with Crippen LogP contribution in [0, 0.1) is 0 Å². The van der Waals surface area contributed by atoms with E-state index in [9.17, 15) is 15.0 Å². The van der Waals surface area contributed by atoms with E-state index in [1.807, 2.05) is 0 Å². The maximum atomic E-state index is 12.4. The number of amides is 1. The highest BCUT2D eigenvalue weighted by Gasteiger charge is 2.19. The predicted octanol–water partition coefficient (Wildman–Crippen LogP) is 12.7. The van der Waals surface area contributed by atoms with Gasteiger partial charge in [-0.2, -0.15) is 0 Å². The van der Waals surface area contributed by atoms with Gasteiger partial charge in [0.25, 0.3) is 0 Å². The van der Waals surface area contributed by atoms with E-state index in [0.717, 1.165) is 25.7 Å². The number of unbranched alkanes of at least 4 members (excludes halogenated alkanes) is 29. The summed E-state index contributed by atoms with van der Waals surface area (Å²) >= 11 is 0. The van der Waals surface area contributed by atoms with Crippen molar-refractivity contribution in [2.75, 3.05) is 6.61 Å². The molecule has 0 aromatic carbocycles. The lowest BCUT2D eigenvalue weighted by atomic mass is 10.0. The van der Waals surface area contributed by atoms with Crippen LogP contribution in [0.1, 0.15) is 232 Å². The highest BCUT2D eigenvalue weighted by atomic mass is 16.3. The van der Waals surface area contributed by atoms with Gasteiger partial charge in [0.15, 0.2) is 0 Å². The molecule has 46 heavy (non-hydrogen) atoms. The van der Waals surface area contributed by atoms with Crippen LogP contribution in [-0.2, 0) is 4.79 Å². The maximum Gasteiger partial charge on any atom is 0.220 e. The van der Waals surface area contributed by atoms with Crippen molar-refractivity contribution in [2.24, 2.45) is 0 Å². The molecule has 0 fully saturated rings. The van der Waals surface area contributed by atoms with Crippen LogP contribution >= 0.6 is 0 Å². The summed E-state index contributed by atoms with van der Waals surface area (Å²) in [6.07, 6.45) is 47.1. The first kappa shape index (κ1) is 45.1. The smallest absolute Gasteiger partial charge is 0.220 e. The second kappa shape index (κ2) is 38.6. The van der Waals surface area contributed by atoms with Gasteiger partial charge in [-0.1, -0.05) is 199 Å². The fraction of sp³-hybridized carbons (Fsp3) is 0.929. The number of carbonyl (C=O) groups excluding carboxylic acids is 1. The Hall–Kier alpha value is -0.870.